The fraction of sp³-hybridized carbons (Fsp3) is 0.826. The molecule has 2 aliphatic carbocycles. The molecule has 2 N–H and O–H groups in total. The molecule has 0 unspecified atom stereocenters. The Balaban J connectivity index is 2.02. The SMILES string of the molecule is C=CCC#CC[C@@H](O)[C@]1(C)[C@H](C)CC[C@@]2([C@H](C)CO)CCC3(OCCO3)[C@H]21. The number of ether oxygens (including phenoxy) is 2. The topological polar surface area (TPSA) is 58.9 Å². The van der Waals surface area contributed by atoms with E-state index in [9.17, 15) is 10.2 Å². The first-order valence-electron chi connectivity index (χ1n) is 10.5. The van der Waals surface area contributed by atoms with Crippen molar-refractivity contribution < 1.29 is 19.7 Å². The highest BCUT2D eigenvalue weighted by molar-refractivity contribution is 5.17. The summed E-state index contributed by atoms with van der Waals surface area (Å²) in [6, 6.07) is 0. The molecule has 0 radical (unpaired) electrons. The molecular weight excluding hydrogens is 340 g/mol. The van der Waals surface area contributed by atoms with E-state index in [1.54, 1.807) is 6.08 Å². The van der Waals surface area contributed by atoms with Crippen LogP contribution in [0, 0.1) is 40.4 Å². The highest BCUT2D eigenvalue weighted by atomic mass is 16.7. The van der Waals surface area contributed by atoms with Gasteiger partial charge < -0.3 is 19.7 Å². The number of aliphatic hydroxyl groups excluding tert-OH is 2. The van der Waals surface area contributed by atoms with Crippen molar-refractivity contribution in [3.8, 4) is 11.8 Å². The normalized spacial score (nSPS) is 39.4. The minimum Gasteiger partial charge on any atom is -0.396 e. The molecule has 1 spiro atoms. The van der Waals surface area contributed by atoms with Crippen LogP contribution in [0.25, 0.3) is 0 Å². The Morgan fingerprint density at radius 2 is 1.93 bits per heavy atom. The minimum absolute atomic E-state index is 0.0575. The maximum Gasteiger partial charge on any atom is 0.172 e. The van der Waals surface area contributed by atoms with Crippen molar-refractivity contribution in [2.75, 3.05) is 19.8 Å². The third-order valence-electron chi connectivity index (χ3n) is 8.10. The van der Waals surface area contributed by atoms with E-state index in [2.05, 4.69) is 39.2 Å². The molecule has 4 nitrogen and oxygen atoms in total. The quantitative estimate of drug-likeness (QED) is 0.569. The highest BCUT2D eigenvalue weighted by Gasteiger charge is 2.70. The summed E-state index contributed by atoms with van der Waals surface area (Å²) in [5.74, 6) is 6.13. The average Bonchev–Trinajstić information content (AvgIpc) is 3.28. The number of hydrogen-bond acceptors (Lipinski definition) is 4. The second-order valence-corrected chi connectivity index (χ2v) is 9.13. The number of allylic oxidation sites excluding steroid dienone is 1. The van der Waals surface area contributed by atoms with Crippen LogP contribution in [0.5, 0.6) is 0 Å². The lowest BCUT2D eigenvalue weighted by Gasteiger charge is -2.60. The molecular formula is C23H36O4. The van der Waals surface area contributed by atoms with Crippen LogP contribution in [-0.4, -0.2) is 41.9 Å². The van der Waals surface area contributed by atoms with Crippen molar-refractivity contribution in [1.82, 2.24) is 0 Å². The number of aliphatic hydroxyl groups is 2. The van der Waals surface area contributed by atoms with Crippen LogP contribution >= 0.6 is 0 Å². The van der Waals surface area contributed by atoms with Crippen LogP contribution in [0.3, 0.4) is 0 Å². The summed E-state index contributed by atoms with van der Waals surface area (Å²) in [6.45, 7) is 11.7. The Labute approximate surface area is 164 Å². The molecule has 1 heterocycles. The van der Waals surface area contributed by atoms with Gasteiger partial charge in [0.1, 0.15) is 0 Å². The van der Waals surface area contributed by atoms with Crippen LogP contribution in [-0.2, 0) is 9.47 Å². The summed E-state index contributed by atoms with van der Waals surface area (Å²) in [5, 5.41) is 21.4. The van der Waals surface area contributed by atoms with E-state index in [-0.39, 0.29) is 29.3 Å². The Morgan fingerprint density at radius 1 is 1.22 bits per heavy atom. The Kier molecular flexibility index (Phi) is 6.08. The van der Waals surface area contributed by atoms with Crippen molar-refractivity contribution in [1.29, 1.82) is 0 Å². The molecule has 3 rings (SSSR count). The highest BCUT2D eigenvalue weighted by Crippen LogP contribution is 2.69. The monoisotopic (exact) mass is 376 g/mol. The van der Waals surface area contributed by atoms with E-state index in [4.69, 9.17) is 9.47 Å². The summed E-state index contributed by atoms with van der Waals surface area (Å²) in [7, 11) is 0. The number of hydrogen-bond donors (Lipinski definition) is 2. The first kappa shape index (κ1) is 20.9. The summed E-state index contributed by atoms with van der Waals surface area (Å²) in [6.07, 6.45) is 6.25. The molecule has 0 aromatic rings. The van der Waals surface area contributed by atoms with Crippen LogP contribution in [0.15, 0.2) is 12.7 Å². The summed E-state index contributed by atoms with van der Waals surface area (Å²) in [5.41, 5.74) is -0.429. The second-order valence-electron chi connectivity index (χ2n) is 9.13. The third-order valence-corrected chi connectivity index (χ3v) is 8.10. The first-order valence-corrected chi connectivity index (χ1v) is 10.5. The predicted molar refractivity (Wildman–Crippen MR) is 106 cm³/mol. The Hall–Kier alpha value is -0.860. The predicted octanol–water partition coefficient (Wildman–Crippen LogP) is 3.52. The molecule has 1 saturated heterocycles. The summed E-state index contributed by atoms with van der Waals surface area (Å²) in [4.78, 5) is 0. The van der Waals surface area contributed by atoms with E-state index in [0.29, 0.717) is 32.0 Å². The fourth-order valence-electron chi connectivity index (χ4n) is 6.37. The van der Waals surface area contributed by atoms with Gasteiger partial charge in [0.25, 0.3) is 0 Å². The molecule has 0 aromatic heterocycles. The van der Waals surface area contributed by atoms with Crippen molar-refractivity contribution >= 4 is 0 Å². The van der Waals surface area contributed by atoms with Crippen LogP contribution in [0.1, 0.15) is 59.3 Å². The van der Waals surface area contributed by atoms with Crippen LogP contribution < -0.4 is 0 Å². The zero-order valence-corrected chi connectivity index (χ0v) is 17.2. The molecule has 0 aromatic carbocycles. The molecule has 2 saturated carbocycles. The van der Waals surface area contributed by atoms with Gasteiger partial charge in [-0.15, -0.1) is 12.5 Å². The van der Waals surface area contributed by atoms with Gasteiger partial charge in [-0.2, -0.15) is 0 Å². The van der Waals surface area contributed by atoms with Crippen molar-refractivity contribution in [3.05, 3.63) is 12.7 Å². The lowest BCUT2D eigenvalue weighted by atomic mass is 9.47. The third kappa shape index (κ3) is 3.17. The van der Waals surface area contributed by atoms with Gasteiger partial charge in [-0.3, -0.25) is 0 Å². The van der Waals surface area contributed by atoms with Gasteiger partial charge >= 0.3 is 0 Å². The van der Waals surface area contributed by atoms with Gasteiger partial charge in [-0.25, -0.2) is 0 Å². The van der Waals surface area contributed by atoms with Gasteiger partial charge in [0.15, 0.2) is 5.79 Å². The molecule has 0 bridgehead atoms. The van der Waals surface area contributed by atoms with E-state index >= 15 is 0 Å². The van der Waals surface area contributed by atoms with Gasteiger partial charge in [-0.1, -0.05) is 32.8 Å². The molecule has 6 atom stereocenters. The lowest BCUT2D eigenvalue weighted by molar-refractivity contribution is -0.266. The van der Waals surface area contributed by atoms with Crippen LogP contribution in [0.2, 0.25) is 0 Å². The minimum atomic E-state index is -0.623. The standard InChI is InChI=1S/C23H36O4/c1-5-6-7-8-9-19(25)21(4)17(2)10-11-22(18(3)16-24)12-13-23(20(21)22)26-14-15-27-23/h5,17-20,24-25H,1,6,9-16H2,2-4H3/t17-,18-,19-,20+,21+,22+/m1/s1. The molecule has 0 amide bonds. The smallest absolute Gasteiger partial charge is 0.172 e. The summed E-state index contributed by atoms with van der Waals surface area (Å²) < 4.78 is 12.5. The molecule has 3 fully saturated rings. The van der Waals surface area contributed by atoms with Crippen molar-refractivity contribution in [2.24, 2.45) is 28.6 Å². The van der Waals surface area contributed by atoms with E-state index in [0.717, 1.165) is 25.7 Å². The zero-order valence-electron chi connectivity index (χ0n) is 17.2. The van der Waals surface area contributed by atoms with Gasteiger partial charge in [0, 0.05) is 37.2 Å². The molecule has 3 aliphatic rings. The van der Waals surface area contributed by atoms with Gasteiger partial charge in [0.05, 0.1) is 19.3 Å². The fourth-order valence-corrected chi connectivity index (χ4v) is 6.37. The summed E-state index contributed by atoms with van der Waals surface area (Å²) >= 11 is 0. The van der Waals surface area contributed by atoms with Crippen molar-refractivity contribution in [2.45, 2.75) is 71.2 Å². The Bertz CT molecular complexity index is 599. The molecule has 27 heavy (non-hydrogen) atoms. The molecule has 4 heteroatoms. The van der Waals surface area contributed by atoms with Gasteiger partial charge in [0.2, 0.25) is 0 Å². The molecule has 152 valence electrons. The molecule has 1 aliphatic heterocycles. The van der Waals surface area contributed by atoms with E-state index in [1.165, 1.54) is 0 Å². The lowest BCUT2D eigenvalue weighted by Crippen LogP contribution is -2.61. The second kappa shape index (κ2) is 7.87. The van der Waals surface area contributed by atoms with Gasteiger partial charge in [-0.05, 0) is 36.5 Å². The first-order chi connectivity index (χ1) is 12.9. The maximum atomic E-state index is 11.4. The number of rotatable bonds is 5. The van der Waals surface area contributed by atoms with E-state index in [1.807, 2.05) is 0 Å². The van der Waals surface area contributed by atoms with Crippen LogP contribution in [0.4, 0.5) is 0 Å². The van der Waals surface area contributed by atoms with Crippen molar-refractivity contribution in [3.63, 3.8) is 0 Å². The van der Waals surface area contributed by atoms with E-state index < -0.39 is 11.9 Å². The Morgan fingerprint density at radius 3 is 2.56 bits per heavy atom. The maximum absolute atomic E-state index is 11.4. The number of fused-ring (bicyclic) bond motifs is 2. The zero-order chi connectivity index (χ0) is 19.7. The largest absolute Gasteiger partial charge is 0.396 e. The average molecular weight is 377 g/mol.